The van der Waals surface area contributed by atoms with E-state index in [4.69, 9.17) is 0 Å². The van der Waals surface area contributed by atoms with E-state index in [1.165, 1.54) is 16.8 Å². The number of hydrogen-bond acceptors (Lipinski definition) is 3. The highest BCUT2D eigenvalue weighted by Gasteiger charge is 2.14. The lowest BCUT2D eigenvalue weighted by Gasteiger charge is -2.15. The van der Waals surface area contributed by atoms with E-state index in [1.54, 1.807) is 11.3 Å². The normalized spacial score (nSPS) is 12.9. The molecule has 0 amide bonds. The maximum absolute atomic E-state index is 4.31. The fourth-order valence-electron chi connectivity index (χ4n) is 2.06. The van der Waals surface area contributed by atoms with Gasteiger partial charge in [0.2, 0.25) is 0 Å². The number of nitrogens with zero attached hydrogens (tertiary/aromatic N) is 2. The molecule has 3 nitrogen and oxygen atoms in total. The molecule has 2 rings (SSSR count). The smallest absolute Gasteiger partial charge is 0.0540 e. The first-order valence-electron chi connectivity index (χ1n) is 5.89. The Balaban J connectivity index is 2.04. The monoisotopic (exact) mass is 249 g/mol. The average molecular weight is 249 g/mol. The van der Waals surface area contributed by atoms with Crippen molar-refractivity contribution in [2.45, 2.75) is 25.8 Å². The number of thiophene rings is 1. The minimum absolute atomic E-state index is 0.392. The van der Waals surface area contributed by atoms with Crippen LogP contribution in [0.15, 0.2) is 23.0 Å². The molecule has 0 spiro atoms. The van der Waals surface area contributed by atoms with E-state index in [-0.39, 0.29) is 0 Å². The summed E-state index contributed by atoms with van der Waals surface area (Å²) < 4.78 is 1.93. The summed E-state index contributed by atoms with van der Waals surface area (Å²) in [6, 6.07) is 2.59. The van der Waals surface area contributed by atoms with Crippen LogP contribution in [0.5, 0.6) is 0 Å². The second-order valence-electron chi connectivity index (χ2n) is 4.32. The van der Waals surface area contributed by atoms with Crippen LogP contribution in [0.3, 0.4) is 0 Å². The molecule has 0 bridgehead atoms. The van der Waals surface area contributed by atoms with E-state index >= 15 is 0 Å². The lowest BCUT2D eigenvalue weighted by molar-refractivity contribution is 0.545. The van der Waals surface area contributed by atoms with Gasteiger partial charge in [-0.3, -0.25) is 4.68 Å². The molecule has 0 saturated carbocycles. The van der Waals surface area contributed by atoms with Crippen LogP contribution < -0.4 is 5.32 Å². The van der Waals surface area contributed by atoms with Crippen LogP contribution in [0.2, 0.25) is 0 Å². The van der Waals surface area contributed by atoms with Crippen molar-refractivity contribution in [3.63, 3.8) is 0 Å². The molecule has 0 aliphatic heterocycles. The zero-order chi connectivity index (χ0) is 12.3. The Morgan fingerprint density at radius 1 is 1.53 bits per heavy atom. The van der Waals surface area contributed by atoms with Gasteiger partial charge in [-0.05, 0) is 49.2 Å². The summed E-state index contributed by atoms with van der Waals surface area (Å²) in [5, 5.41) is 12.1. The third-order valence-corrected chi connectivity index (χ3v) is 4.03. The molecule has 92 valence electrons. The Hall–Kier alpha value is -1.13. The number of aromatic nitrogens is 2. The number of nitrogens with one attached hydrogen (secondary N) is 1. The Morgan fingerprint density at radius 3 is 2.88 bits per heavy atom. The third-order valence-electron chi connectivity index (χ3n) is 3.30. The fourth-order valence-corrected chi connectivity index (χ4v) is 2.76. The number of aryl methyl sites for hydroxylation is 2. The van der Waals surface area contributed by atoms with Crippen molar-refractivity contribution >= 4 is 11.3 Å². The molecule has 0 saturated heterocycles. The first kappa shape index (κ1) is 12.3. The molecule has 4 heteroatoms. The third kappa shape index (κ3) is 2.76. The molecule has 0 fully saturated rings. The van der Waals surface area contributed by atoms with Crippen LogP contribution in [0.4, 0.5) is 0 Å². The first-order chi connectivity index (χ1) is 8.22. The van der Waals surface area contributed by atoms with Crippen LogP contribution in [-0.2, 0) is 13.5 Å². The van der Waals surface area contributed by atoms with E-state index < -0.39 is 0 Å². The molecular formula is C13H19N3S. The second kappa shape index (κ2) is 5.47. The molecule has 1 unspecified atom stereocenters. The van der Waals surface area contributed by atoms with Crippen LogP contribution in [-0.4, -0.2) is 16.8 Å². The Kier molecular flexibility index (Phi) is 3.97. The molecule has 1 atom stereocenters. The molecule has 0 aromatic carbocycles. The largest absolute Gasteiger partial charge is 0.313 e. The van der Waals surface area contributed by atoms with E-state index in [0.717, 1.165) is 12.8 Å². The van der Waals surface area contributed by atoms with Crippen molar-refractivity contribution in [3.8, 4) is 0 Å². The summed E-state index contributed by atoms with van der Waals surface area (Å²) >= 11 is 1.77. The highest BCUT2D eigenvalue weighted by Crippen LogP contribution is 2.22. The molecule has 0 aliphatic rings. The predicted octanol–water partition coefficient (Wildman–Crippen LogP) is 2.68. The van der Waals surface area contributed by atoms with Crippen molar-refractivity contribution in [2.24, 2.45) is 7.05 Å². The van der Waals surface area contributed by atoms with E-state index in [2.05, 4.69) is 34.2 Å². The zero-order valence-corrected chi connectivity index (χ0v) is 11.4. The molecule has 0 aliphatic carbocycles. The molecule has 2 aromatic heterocycles. The minimum atomic E-state index is 0.392. The van der Waals surface area contributed by atoms with Gasteiger partial charge < -0.3 is 5.32 Å². The molecule has 0 radical (unpaired) electrons. The van der Waals surface area contributed by atoms with Gasteiger partial charge in [0.15, 0.2) is 0 Å². The number of rotatable bonds is 5. The average Bonchev–Trinajstić information content (AvgIpc) is 2.94. The molecule has 1 N–H and O–H groups in total. The molecule has 2 aromatic rings. The van der Waals surface area contributed by atoms with Gasteiger partial charge in [-0.15, -0.1) is 0 Å². The van der Waals surface area contributed by atoms with Gasteiger partial charge in [-0.2, -0.15) is 16.4 Å². The lowest BCUT2D eigenvalue weighted by Crippen LogP contribution is -2.17. The van der Waals surface area contributed by atoms with Crippen LogP contribution in [0.1, 0.15) is 29.3 Å². The second-order valence-corrected chi connectivity index (χ2v) is 5.10. The summed E-state index contributed by atoms with van der Waals surface area (Å²) in [6.45, 7) is 2.12. The summed E-state index contributed by atoms with van der Waals surface area (Å²) in [5.74, 6) is 0. The fraction of sp³-hybridized carbons (Fsp3) is 0.462. The molecule has 2 heterocycles. The van der Waals surface area contributed by atoms with Crippen LogP contribution in [0, 0.1) is 6.92 Å². The number of hydrogen-bond donors (Lipinski definition) is 1. The highest BCUT2D eigenvalue weighted by atomic mass is 32.1. The molecular weight excluding hydrogens is 230 g/mol. The van der Waals surface area contributed by atoms with Gasteiger partial charge in [0.05, 0.1) is 6.20 Å². The van der Waals surface area contributed by atoms with Crippen molar-refractivity contribution in [2.75, 3.05) is 7.05 Å². The van der Waals surface area contributed by atoms with Gasteiger partial charge >= 0.3 is 0 Å². The van der Waals surface area contributed by atoms with E-state index in [0.29, 0.717) is 6.04 Å². The van der Waals surface area contributed by atoms with Crippen molar-refractivity contribution in [3.05, 3.63) is 39.8 Å². The summed E-state index contributed by atoms with van der Waals surface area (Å²) in [4.78, 5) is 0. The van der Waals surface area contributed by atoms with Gasteiger partial charge in [0.25, 0.3) is 0 Å². The summed E-state index contributed by atoms with van der Waals surface area (Å²) in [7, 11) is 4.01. The molecule has 17 heavy (non-hydrogen) atoms. The van der Waals surface area contributed by atoms with Gasteiger partial charge in [0.1, 0.15) is 0 Å². The zero-order valence-electron chi connectivity index (χ0n) is 10.6. The SMILES string of the molecule is CNC(CCc1ccsc1)c1cnn(C)c1C. The van der Waals surface area contributed by atoms with Crippen molar-refractivity contribution in [1.29, 1.82) is 0 Å². The highest BCUT2D eigenvalue weighted by molar-refractivity contribution is 7.07. The van der Waals surface area contributed by atoms with Gasteiger partial charge in [-0.25, -0.2) is 0 Å². The first-order valence-corrected chi connectivity index (χ1v) is 6.83. The van der Waals surface area contributed by atoms with Crippen LogP contribution >= 0.6 is 11.3 Å². The maximum atomic E-state index is 4.31. The topological polar surface area (TPSA) is 29.9 Å². The van der Waals surface area contributed by atoms with Crippen molar-refractivity contribution in [1.82, 2.24) is 15.1 Å². The van der Waals surface area contributed by atoms with Gasteiger partial charge in [0, 0.05) is 24.3 Å². The Bertz CT molecular complexity index is 459. The maximum Gasteiger partial charge on any atom is 0.0540 e. The Morgan fingerprint density at radius 2 is 2.35 bits per heavy atom. The van der Waals surface area contributed by atoms with Crippen molar-refractivity contribution < 1.29 is 0 Å². The lowest BCUT2D eigenvalue weighted by atomic mass is 10.0. The summed E-state index contributed by atoms with van der Waals surface area (Å²) in [5.41, 5.74) is 3.98. The van der Waals surface area contributed by atoms with Crippen LogP contribution in [0.25, 0.3) is 0 Å². The standard InChI is InChI=1S/C13H19N3S/c1-10-12(8-15-16(10)3)13(14-2)5-4-11-6-7-17-9-11/h6-9,13-14H,4-5H2,1-3H3. The summed E-state index contributed by atoms with van der Waals surface area (Å²) in [6.07, 6.45) is 4.20. The minimum Gasteiger partial charge on any atom is -0.313 e. The van der Waals surface area contributed by atoms with E-state index in [1.807, 2.05) is 25.0 Å². The predicted molar refractivity (Wildman–Crippen MR) is 72.4 cm³/mol. The van der Waals surface area contributed by atoms with E-state index in [9.17, 15) is 0 Å². The van der Waals surface area contributed by atoms with Gasteiger partial charge in [-0.1, -0.05) is 0 Å². The Labute approximate surface area is 106 Å². The quantitative estimate of drug-likeness (QED) is 0.883.